The van der Waals surface area contributed by atoms with Gasteiger partial charge in [-0.25, -0.2) is 0 Å². The topological polar surface area (TPSA) is 38.9 Å². The van der Waals surface area contributed by atoms with E-state index < -0.39 is 5.54 Å². The average molecular weight is 262 g/mol. The lowest BCUT2D eigenvalue weighted by Gasteiger charge is -2.24. The standard InChI is InChI=1S/C18H18N2/c1-18(19,13-14-7-3-2-4-8-14)17-12-11-15-9-5-6-10-16(15)20-17/h2-12H,13,19H2,1H3/t18-/m0/s1. The van der Waals surface area contributed by atoms with E-state index in [-0.39, 0.29) is 0 Å². The van der Waals surface area contributed by atoms with Crippen molar-refractivity contribution in [3.05, 3.63) is 78.0 Å². The molecule has 2 heteroatoms. The Hall–Kier alpha value is -2.19. The molecule has 0 aliphatic carbocycles. The highest BCUT2D eigenvalue weighted by Gasteiger charge is 2.23. The minimum Gasteiger partial charge on any atom is -0.320 e. The van der Waals surface area contributed by atoms with Crippen molar-refractivity contribution in [2.45, 2.75) is 18.9 Å². The molecule has 0 fully saturated rings. The van der Waals surface area contributed by atoms with Crippen molar-refractivity contribution >= 4 is 10.9 Å². The number of nitrogens with two attached hydrogens (primary N) is 1. The van der Waals surface area contributed by atoms with Crippen molar-refractivity contribution in [3.8, 4) is 0 Å². The van der Waals surface area contributed by atoms with Gasteiger partial charge in [0.15, 0.2) is 0 Å². The normalized spacial score (nSPS) is 14.1. The lowest BCUT2D eigenvalue weighted by atomic mass is 9.90. The lowest BCUT2D eigenvalue weighted by molar-refractivity contribution is 0.477. The molecule has 0 bridgehead atoms. The first-order chi connectivity index (χ1) is 9.65. The van der Waals surface area contributed by atoms with Crippen LogP contribution in [0.15, 0.2) is 66.7 Å². The second kappa shape index (κ2) is 5.06. The molecule has 0 aliphatic rings. The van der Waals surface area contributed by atoms with Crippen LogP contribution in [0.5, 0.6) is 0 Å². The quantitative estimate of drug-likeness (QED) is 0.782. The molecule has 1 heterocycles. The molecule has 0 saturated heterocycles. The summed E-state index contributed by atoms with van der Waals surface area (Å²) >= 11 is 0. The van der Waals surface area contributed by atoms with Crippen molar-refractivity contribution in [2.24, 2.45) is 5.73 Å². The van der Waals surface area contributed by atoms with Crippen LogP contribution in [0.4, 0.5) is 0 Å². The Morgan fingerprint density at radius 2 is 1.60 bits per heavy atom. The molecule has 0 aliphatic heterocycles. The summed E-state index contributed by atoms with van der Waals surface area (Å²) in [6, 6.07) is 22.6. The van der Waals surface area contributed by atoms with Gasteiger partial charge in [-0.15, -0.1) is 0 Å². The van der Waals surface area contributed by atoms with Crippen molar-refractivity contribution in [1.82, 2.24) is 4.98 Å². The van der Waals surface area contributed by atoms with E-state index in [1.165, 1.54) is 5.56 Å². The Balaban J connectivity index is 1.96. The van der Waals surface area contributed by atoms with Gasteiger partial charge in [0.05, 0.1) is 16.7 Å². The molecule has 3 rings (SSSR count). The predicted molar refractivity (Wildman–Crippen MR) is 83.4 cm³/mol. The largest absolute Gasteiger partial charge is 0.320 e. The van der Waals surface area contributed by atoms with Gasteiger partial charge in [0.1, 0.15) is 0 Å². The summed E-state index contributed by atoms with van der Waals surface area (Å²) in [6.07, 6.45) is 0.777. The van der Waals surface area contributed by atoms with Gasteiger partial charge < -0.3 is 5.73 Å². The molecule has 0 amide bonds. The molecule has 100 valence electrons. The number of hydrogen-bond acceptors (Lipinski definition) is 2. The lowest BCUT2D eigenvalue weighted by Crippen LogP contribution is -2.36. The fourth-order valence-electron chi connectivity index (χ4n) is 2.49. The molecular formula is C18H18N2. The van der Waals surface area contributed by atoms with Crippen LogP contribution in [-0.4, -0.2) is 4.98 Å². The summed E-state index contributed by atoms with van der Waals surface area (Å²) < 4.78 is 0. The molecule has 0 unspecified atom stereocenters. The smallest absolute Gasteiger partial charge is 0.0706 e. The van der Waals surface area contributed by atoms with Crippen LogP contribution < -0.4 is 5.73 Å². The zero-order valence-corrected chi connectivity index (χ0v) is 11.6. The third-order valence-corrected chi connectivity index (χ3v) is 3.60. The van der Waals surface area contributed by atoms with Gasteiger partial charge in [-0.05, 0) is 31.0 Å². The minimum absolute atomic E-state index is 0.467. The van der Waals surface area contributed by atoms with Gasteiger partial charge in [0.25, 0.3) is 0 Å². The van der Waals surface area contributed by atoms with E-state index in [0.29, 0.717) is 0 Å². The first-order valence-corrected chi connectivity index (χ1v) is 6.84. The summed E-state index contributed by atoms with van der Waals surface area (Å²) in [5.74, 6) is 0. The summed E-state index contributed by atoms with van der Waals surface area (Å²) in [5, 5.41) is 1.15. The first-order valence-electron chi connectivity index (χ1n) is 6.84. The molecule has 1 atom stereocenters. The Labute approximate surface area is 119 Å². The second-order valence-corrected chi connectivity index (χ2v) is 5.47. The highest BCUT2D eigenvalue weighted by Crippen LogP contribution is 2.23. The van der Waals surface area contributed by atoms with E-state index in [0.717, 1.165) is 23.0 Å². The Bertz CT molecular complexity index is 718. The van der Waals surface area contributed by atoms with Gasteiger partial charge in [0, 0.05) is 5.39 Å². The van der Waals surface area contributed by atoms with Crippen molar-refractivity contribution < 1.29 is 0 Å². The van der Waals surface area contributed by atoms with Crippen LogP contribution in [-0.2, 0) is 12.0 Å². The molecule has 3 aromatic rings. The second-order valence-electron chi connectivity index (χ2n) is 5.47. The van der Waals surface area contributed by atoms with E-state index in [9.17, 15) is 0 Å². The van der Waals surface area contributed by atoms with Crippen LogP contribution in [0, 0.1) is 0 Å². The number of para-hydroxylation sites is 1. The molecule has 2 aromatic carbocycles. The van der Waals surface area contributed by atoms with E-state index in [2.05, 4.69) is 24.3 Å². The van der Waals surface area contributed by atoms with Crippen LogP contribution in [0.1, 0.15) is 18.2 Å². The molecular weight excluding hydrogens is 244 g/mol. The highest BCUT2D eigenvalue weighted by molar-refractivity contribution is 5.78. The molecule has 20 heavy (non-hydrogen) atoms. The molecule has 0 saturated carbocycles. The molecule has 2 nitrogen and oxygen atoms in total. The number of nitrogens with zero attached hydrogens (tertiary/aromatic N) is 1. The number of fused-ring (bicyclic) bond motifs is 1. The van der Waals surface area contributed by atoms with E-state index in [1.807, 2.05) is 49.4 Å². The van der Waals surface area contributed by atoms with Crippen LogP contribution >= 0.6 is 0 Å². The molecule has 2 N–H and O–H groups in total. The van der Waals surface area contributed by atoms with Gasteiger partial charge in [-0.2, -0.15) is 0 Å². The van der Waals surface area contributed by atoms with Crippen molar-refractivity contribution in [3.63, 3.8) is 0 Å². The Morgan fingerprint density at radius 3 is 2.40 bits per heavy atom. The summed E-state index contributed by atoms with van der Waals surface area (Å²) in [5.41, 5.74) is 9.19. The number of rotatable bonds is 3. The average Bonchev–Trinajstić information content (AvgIpc) is 2.47. The maximum absolute atomic E-state index is 6.50. The van der Waals surface area contributed by atoms with Gasteiger partial charge in [-0.3, -0.25) is 4.98 Å². The third-order valence-electron chi connectivity index (χ3n) is 3.60. The van der Waals surface area contributed by atoms with Crippen molar-refractivity contribution in [1.29, 1.82) is 0 Å². The van der Waals surface area contributed by atoms with Crippen LogP contribution in [0.3, 0.4) is 0 Å². The summed E-state index contributed by atoms with van der Waals surface area (Å²) in [6.45, 7) is 2.04. The SMILES string of the molecule is C[C@](N)(Cc1ccccc1)c1ccc2ccccc2n1. The maximum Gasteiger partial charge on any atom is 0.0706 e. The van der Waals surface area contributed by atoms with E-state index in [4.69, 9.17) is 10.7 Å². The molecule has 1 aromatic heterocycles. The van der Waals surface area contributed by atoms with E-state index in [1.54, 1.807) is 0 Å². The number of hydrogen-bond donors (Lipinski definition) is 1. The van der Waals surface area contributed by atoms with Gasteiger partial charge in [0.2, 0.25) is 0 Å². The van der Waals surface area contributed by atoms with Gasteiger partial charge in [-0.1, -0.05) is 54.6 Å². The molecule has 0 spiro atoms. The van der Waals surface area contributed by atoms with Crippen LogP contribution in [0.2, 0.25) is 0 Å². The number of pyridine rings is 1. The monoisotopic (exact) mass is 262 g/mol. The fraction of sp³-hybridized carbons (Fsp3) is 0.167. The highest BCUT2D eigenvalue weighted by atomic mass is 14.8. The minimum atomic E-state index is -0.467. The number of aromatic nitrogens is 1. The first kappa shape index (κ1) is 12.8. The van der Waals surface area contributed by atoms with Crippen LogP contribution in [0.25, 0.3) is 10.9 Å². The van der Waals surface area contributed by atoms with E-state index >= 15 is 0 Å². The Kier molecular flexibility index (Phi) is 3.25. The third kappa shape index (κ3) is 2.56. The fourth-order valence-corrected chi connectivity index (χ4v) is 2.49. The zero-order valence-electron chi connectivity index (χ0n) is 11.6. The predicted octanol–water partition coefficient (Wildman–Crippen LogP) is 3.65. The van der Waals surface area contributed by atoms with Gasteiger partial charge >= 0.3 is 0 Å². The zero-order chi connectivity index (χ0) is 14.0. The Morgan fingerprint density at radius 1 is 0.900 bits per heavy atom. The summed E-state index contributed by atoms with van der Waals surface area (Å²) in [7, 11) is 0. The maximum atomic E-state index is 6.50. The molecule has 0 radical (unpaired) electrons. The number of benzene rings is 2. The summed E-state index contributed by atoms with van der Waals surface area (Å²) in [4.78, 5) is 4.72. The van der Waals surface area contributed by atoms with Crippen molar-refractivity contribution in [2.75, 3.05) is 0 Å².